The van der Waals surface area contributed by atoms with Gasteiger partial charge in [0, 0.05) is 12.2 Å². The fraction of sp³-hybridized carbons (Fsp3) is 0.316. The molecule has 0 spiro atoms. The van der Waals surface area contributed by atoms with Crippen LogP contribution in [0.3, 0.4) is 0 Å². The highest BCUT2D eigenvalue weighted by Gasteiger charge is 2.13. The van der Waals surface area contributed by atoms with Crippen LogP contribution in [0.2, 0.25) is 0 Å². The molecule has 2 N–H and O–H groups in total. The minimum absolute atomic E-state index is 0.0520. The molecule has 0 aliphatic carbocycles. The van der Waals surface area contributed by atoms with Gasteiger partial charge in [-0.25, -0.2) is 0 Å². The maximum atomic E-state index is 12.1. The standard InChI is InChI=1S/C19H22N2O3/c1-13(2)15-5-3-4-6-16(15)21-19(22)11-20-10-14-7-8-17-18(9-14)24-12-23-17/h3-9,13,20H,10-12H2,1-2H3,(H,21,22). The molecule has 0 atom stereocenters. The lowest BCUT2D eigenvalue weighted by Crippen LogP contribution is -2.28. The molecular weight excluding hydrogens is 304 g/mol. The van der Waals surface area contributed by atoms with Gasteiger partial charge in [-0.05, 0) is 35.2 Å². The van der Waals surface area contributed by atoms with Gasteiger partial charge in [-0.15, -0.1) is 0 Å². The topological polar surface area (TPSA) is 59.6 Å². The predicted octanol–water partition coefficient (Wildman–Crippen LogP) is 3.27. The van der Waals surface area contributed by atoms with Gasteiger partial charge in [0.05, 0.1) is 6.54 Å². The molecule has 2 aromatic carbocycles. The van der Waals surface area contributed by atoms with Crippen LogP contribution in [0.1, 0.15) is 30.9 Å². The molecular formula is C19H22N2O3. The summed E-state index contributed by atoms with van der Waals surface area (Å²) in [5.74, 6) is 1.83. The first-order chi connectivity index (χ1) is 11.6. The number of benzene rings is 2. The fourth-order valence-electron chi connectivity index (χ4n) is 2.68. The van der Waals surface area contributed by atoms with Crippen LogP contribution in [0.25, 0.3) is 0 Å². The highest BCUT2D eigenvalue weighted by Crippen LogP contribution is 2.32. The van der Waals surface area contributed by atoms with Crippen LogP contribution in [-0.4, -0.2) is 19.2 Å². The van der Waals surface area contributed by atoms with E-state index in [2.05, 4.69) is 24.5 Å². The summed E-state index contributed by atoms with van der Waals surface area (Å²) in [4.78, 5) is 12.1. The van der Waals surface area contributed by atoms with E-state index in [1.807, 2.05) is 42.5 Å². The number of hydrogen-bond donors (Lipinski definition) is 2. The lowest BCUT2D eigenvalue weighted by Gasteiger charge is -2.14. The molecule has 1 heterocycles. The molecule has 126 valence electrons. The SMILES string of the molecule is CC(C)c1ccccc1NC(=O)CNCc1ccc2c(c1)OCO2. The first-order valence-electron chi connectivity index (χ1n) is 8.11. The summed E-state index contributed by atoms with van der Waals surface area (Å²) in [6.45, 7) is 5.34. The van der Waals surface area contributed by atoms with Gasteiger partial charge in [-0.3, -0.25) is 4.79 Å². The van der Waals surface area contributed by atoms with Crippen LogP contribution in [0.4, 0.5) is 5.69 Å². The first-order valence-corrected chi connectivity index (χ1v) is 8.11. The van der Waals surface area contributed by atoms with Crippen LogP contribution in [-0.2, 0) is 11.3 Å². The Morgan fingerprint density at radius 2 is 1.92 bits per heavy atom. The Morgan fingerprint density at radius 1 is 1.12 bits per heavy atom. The third kappa shape index (κ3) is 3.86. The van der Waals surface area contributed by atoms with E-state index < -0.39 is 0 Å². The van der Waals surface area contributed by atoms with Crippen molar-refractivity contribution in [1.82, 2.24) is 5.32 Å². The molecule has 0 saturated carbocycles. The monoisotopic (exact) mass is 326 g/mol. The van der Waals surface area contributed by atoms with Gasteiger partial charge in [0.15, 0.2) is 11.5 Å². The highest BCUT2D eigenvalue weighted by atomic mass is 16.7. The average molecular weight is 326 g/mol. The van der Waals surface area contributed by atoms with Gasteiger partial charge in [0.25, 0.3) is 0 Å². The third-order valence-corrected chi connectivity index (χ3v) is 3.91. The van der Waals surface area contributed by atoms with Gasteiger partial charge in [0.2, 0.25) is 12.7 Å². The molecule has 0 saturated heterocycles. The lowest BCUT2D eigenvalue weighted by atomic mass is 10.0. The summed E-state index contributed by atoms with van der Waals surface area (Å²) < 4.78 is 10.6. The Balaban J connectivity index is 1.51. The largest absolute Gasteiger partial charge is 0.454 e. The molecule has 1 aliphatic heterocycles. The summed E-state index contributed by atoms with van der Waals surface area (Å²) in [5.41, 5.74) is 3.07. The van der Waals surface area contributed by atoms with Crippen molar-refractivity contribution in [2.24, 2.45) is 0 Å². The van der Waals surface area contributed by atoms with Crippen LogP contribution in [0, 0.1) is 0 Å². The number of para-hydroxylation sites is 1. The quantitative estimate of drug-likeness (QED) is 0.855. The normalized spacial score (nSPS) is 12.5. The number of amides is 1. The highest BCUT2D eigenvalue weighted by molar-refractivity contribution is 5.93. The molecule has 5 heteroatoms. The predicted molar refractivity (Wildman–Crippen MR) is 93.4 cm³/mol. The Hall–Kier alpha value is -2.53. The zero-order chi connectivity index (χ0) is 16.9. The van der Waals surface area contributed by atoms with Gasteiger partial charge in [-0.1, -0.05) is 38.1 Å². The van der Waals surface area contributed by atoms with Crippen molar-refractivity contribution in [1.29, 1.82) is 0 Å². The summed E-state index contributed by atoms with van der Waals surface area (Å²) in [6, 6.07) is 13.7. The number of rotatable bonds is 6. The second kappa shape index (κ2) is 7.36. The average Bonchev–Trinajstić information content (AvgIpc) is 3.03. The van der Waals surface area contributed by atoms with Crippen molar-refractivity contribution < 1.29 is 14.3 Å². The van der Waals surface area contributed by atoms with Gasteiger partial charge >= 0.3 is 0 Å². The molecule has 0 radical (unpaired) electrons. The maximum absolute atomic E-state index is 12.1. The molecule has 3 rings (SSSR count). The van der Waals surface area contributed by atoms with E-state index in [1.165, 1.54) is 0 Å². The zero-order valence-electron chi connectivity index (χ0n) is 14.0. The maximum Gasteiger partial charge on any atom is 0.238 e. The number of ether oxygens (including phenoxy) is 2. The molecule has 0 bridgehead atoms. The number of carbonyl (C=O) groups is 1. The number of hydrogen-bond acceptors (Lipinski definition) is 4. The van der Waals surface area contributed by atoms with Crippen LogP contribution < -0.4 is 20.1 Å². The Bertz CT molecular complexity index is 728. The van der Waals surface area contributed by atoms with Crippen molar-refractivity contribution in [2.45, 2.75) is 26.3 Å². The fourth-order valence-corrected chi connectivity index (χ4v) is 2.68. The van der Waals surface area contributed by atoms with E-state index in [1.54, 1.807) is 0 Å². The van der Waals surface area contributed by atoms with Crippen molar-refractivity contribution in [3.8, 4) is 11.5 Å². The Kier molecular flexibility index (Phi) is 5.01. The van der Waals surface area contributed by atoms with E-state index in [0.29, 0.717) is 12.5 Å². The molecule has 0 fully saturated rings. The van der Waals surface area contributed by atoms with E-state index in [9.17, 15) is 4.79 Å². The van der Waals surface area contributed by atoms with Crippen molar-refractivity contribution in [3.05, 3.63) is 53.6 Å². The van der Waals surface area contributed by atoms with Crippen LogP contribution in [0.5, 0.6) is 11.5 Å². The molecule has 0 aromatic heterocycles. The molecule has 5 nitrogen and oxygen atoms in total. The van der Waals surface area contributed by atoms with Crippen molar-refractivity contribution in [2.75, 3.05) is 18.7 Å². The second-order valence-corrected chi connectivity index (χ2v) is 6.08. The molecule has 1 amide bonds. The second-order valence-electron chi connectivity index (χ2n) is 6.08. The zero-order valence-corrected chi connectivity index (χ0v) is 14.0. The van der Waals surface area contributed by atoms with Gasteiger partial charge < -0.3 is 20.1 Å². The van der Waals surface area contributed by atoms with Gasteiger partial charge in [-0.2, -0.15) is 0 Å². The van der Waals surface area contributed by atoms with E-state index in [0.717, 1.165) is 28.3 Å². The first kappa shape index (κ1) is 16.3. The minimum atomic E-state index is -0.0520. The Labute approximate surface area is 142 Å². The van der Waals surface area contributed by atoms with Crippen LogP contribution in [0.15, 0.2) is 42.5 Å². The number of nitrogens with one attached hydrogen (secondary N) is 2. The smallest absolute Gasteiger partial charge is 0.238 e. The van der Waals surface area contributed by atoms with E-state index in [-0.39, 0.29) is 19.2 Å². The summed E-state index contributed by atoms with van der Waals surface area (Å²) in [7, 11) is 0. The van der Waals surface area contributed by atoms with E-state index >= 15 is 0 Å². The third-order valence-electron chi connectivity index (χ3n) is 3.91. The minimum Gasteiger partial charge on any atom is -0.454 e. The lowest BCUT2D eigenvalue weighted by molar-refractivity contribution is -0.115. The summed E-state index contributed by atoms with van der Waals surface area (Å²) in [5, 5.41) is 6.13. The summed E-state index contributed by atoms with van der Waals surface area (Å²) in [6.07, 6.45) is 0. The number of anilines is 1. The van der Waals surface area contributed by atoms with Crippen molar-refractivity contribution >= 4 is 11.6 Å². The number of fused-ring (bicyclic) bond motifs is 1. The number of carbonyl (C=O) groups excluding carboxylic acids is 1. The van der Waals surface area contributed by atoms with Gasteiger partial charge in [0.1, 0.15) is 0 Å². The summed E-state index contributed by atoms with van der Waals surface area (Å²) >= 11 is 0. The molecule has 24 heavy (non-hydrogen) atoms. The Morgan fingerprint density at radius 3 is 2.75 bits per heavy atom. The van der Waals surface area contributed by atoms with Crippen LogP contribution >= 0.6 is 0 Å². The molecule has 2 aromatic rings. The van der Waals surface area contributed by atoms with Crippen molar-refractivity contribution in [3.63, 3.8) is 0 Å². The molecule has 1 aliphatic rings. The van der Waals surface area contributed by atoms with E-state index in [4.69, 9.17) is 9.47 Å². The molecule has 0 unspecified atom stereocenters.